The summed E-state index contributed by atoms with van der Waals surface area (Å²) < 4.78 is 1.73. The molecule has 0 saturated carbocycles. The zero-order valence-corrected chi connectivity index (χ0v) is 11.5. The van der Waals surface area contributed by atoms with Crippen molar-refractivity contribution in [3.05, 3.63) is 0 Å². The molecular weight excluding hydrogens is 238 g/mol. The van der Waals surface area contributed by atoms with E-state index < -0.39 is 0 Å². The van der Waals surface area contributed by atoms with Gasteiger partial charge < -0.3 is 5.32 Å². The van der Waals surface area contributed by atoms with Crippen LogP contribution < -0.4 is 5.32 Å². The molecule has 1 rings (SSSR count). The van der Waals surface area contributed by atoms with E-state index in [9.17, 15) is 4.79 Å². The Kier molecular flexibility index (Phi) is 4.92. The lowest BCUT2D eigenvalue weighted by atomic mass is 10.1. The predicted octanol–water partition coefficient (Wildman–Crippen LogP) is 1.05. The number of hydrogen-bond donors (Lipinski definition) is 1. The third kappa shape index (κ3) is 4.33. The van der Waals surface area contributed by atoms with Crippen molar-refractivity contribution in [1.29, 1.82) is 0 Å². The molecule has 0 radical (unpaired) electrons. The van der Waals surface area contributed by atoms with Crippen LogP contribution in [0, 0.1) is 0 Å². The number of carbonyl (C=O) groups is 1. The van der Waals surface area contributed by atoms with Crippen LogP contribution in [0.5, 0.6) is 0 Å². The summed E-state index contributed by atoms with van der Waals surface area (Å²) in [6.45, 7) is 8.79. The van der Waals surface area contributed by atoms with E-state index in [2.05, 4.69) is 20.8 Å². The number of aromatic nitrogens is 4. The number of carbonyl (C=O) groups excluding carboxylic acids is 1. The maximum absolute atomic E-state index is 11.4. The van der Waals surface area contributed by atoms with Crippen molar-refractivity contribution in [2.24, 2.45) is 0 Å². The molecule has 0 aromatic carbocycles. The molecule has 0 saturated heterocycles. The van der Waals surface area contributed by atoms with Crippen LogP contribution in [0.1, 0.15) is 34.1 Å². The molecular formula is C10H19N5OS. The molecule has 0 aliphatic carbocycles. The van der Waals surface area contributed by atoms with Crippen LogP contribution in [-0.2, 0) is 10.3 Å². The van der Waals surface area contributed by atoms with Gasteiger partial charge in [-0.05, 0) is 37.6 Å². The lowest BCUT2D eigenvalue weighted by molar-refractivity contribution is -0.118. The van der Waals surface area contributed by atoms with E-state index in [4.69, 9.17) is 0 Å². The molecule has 96 valence electrons. The van der Waals surface area contributed by atoms with E-state index in [1.807, 2.05) is 27.7 Å². The third-order valence-corrected chi connectivity index (χ3v) is 2.90. The molecule has 0 atom stereocenters. The fourth-order valence-electron chi connectivity index (χ4n) is 1.14. The molecule has 0 aliphatic heterocycles. The van der Waals surface area contributed by atoms with E-state index >= 15 is 0 Å². The average molecular weight is 257 g/mol. The first-order valence-electron chi connectivity index (χ1n) is 5.63. The molecule has 1 amide bonds. The number of nitrogens with one attached hydrogen (secondary N) is 1. The molecule has 1 aromatic heterocycles. The lowest BCUT2D eigenvalue weighted by Gasteiger charge is -2.19. The smallest absolute Gasteiger partial charge is 0.230 e. The molecule has 17 heavy (non-hydrogen) atoms. The Bertz CT molecular complexity index is 371. The first kappa shape index (κ1) is 14.0. The van der Waals surface area contributed by atoms with Crippen molar-refractivity contribution in [2.45, 2.75) is 44.8 Å². The summed E-state index contributed by atoms with van der Waals surface area (Å²) >= 11 is 1.35. The molecule has 0 spiro atoms. The van der Waals surface area contributed by atoms with Crippen molar-refractivity contribution in [1.82, 2.24) is 25.5 Å². The Balaban J connectivity index is 2.53. The third-order valence-electron chi connectivity index (χ3n) is 1.98. The van der Waals surface area contributed by atoms with Crippen LogP contribution in [0.3, 0.4) is 0 Å². The standard InChI is InChI=1S/C10H19N5OS/c1-5-6-11-8(16)7-17-9-12-13-14-15(9)10(2,3)4/h5-7H2,1-4H3,(H,11,16). The number of nitrogens with zero attached hydrogens (tertiary/aromatic N) is 4. The Hall–Kier alpha value is -1.11. The Labute approximate surface area is 106 Å². The molecule has 6 nitrogen and oxygen atoms in total. The monoisotopic (exact) mass is 257 g/mol. The molecule has 7 heteroatoms. The molecule has 0 aliphatic rings. The SMILES string of the molecule is CCCNC(=O)CSc1nnnn1C(C)(C)C. The molecule has 0 fully saturated rings. The molecule has 0 bridgehead atoms. The van der Waals surface area contributed by atoms with Crippen molar-refractivity contribution < 1.29 is 4.79 Å². The van der Waals surface area contributed by atoms with Gasteiger partial charge in [0.2, 0.25) is 11.1 Å². The van der Waals surface area contributed by atoms with Crippen LogP contribution in [-0.4, -0.2) is 38.4 Å². The van der Waals surface area contributed by atoms with E-state index in [0.717, 1.165) is 6.42 Å². The van der Waals surface area contributed by atoms with Gasteiger partial charge in [0.15, 0.2) is 0 Å². The van der Waals surface area contributed by atoms with Crippen LogP contribution in [0.4, 0.5) is 0 Å². The van der Waals surface area contributed by atoms with Crippen molar-refractivity contribution in [2.75, 3.05) is 12.3 Å². The van der Waals surface area contributed by atoms with Crippen molar-refractivity contribution >= 4 is 17.7 Å². The largest absolute Gasteiger partial charge is 0.355 e. The minimum absolute atomic E-state index is 0.0142. The minimum Gasteiger partial charge on any atom is -0.355 e. The number of hydrogen-bond acceptors (Lipinski definition) is 5. The zero-order valence-electron chi connectivity index (χ0n) is 10.7. The van der Waals surface area contributed by atoms with Crippen molar-refractivity contribution in [3.8, 4) is 0 Å². The minimum atomic E-state index is -0.175. The fraction of sp³-hybridized carbons (Fsp3) is 0.800. The first-order chi connectivity index (χ1) is 7.95. The van der Waals surface area contributed by atoms with E-state index in [-0.39, 0.29) is 11.4 Å². The van der Waals surface area contributed by atoms with Gasteiger partial charge in [-0.3, -0.25) is 4.79 Å². The second-order valence-electron chi connectivity index (χ2n) is 4.68. The van der Waals surface area contributed by atoms with E-state index in [1.165, 1.54) is 11.8 Å². The number of rotatable bonds is 5. The van der Waals surface area contributed by atoms with Crippen LogP contribution >= 0.6 is 11.8 Å². The second-order valence-corrected chi connectivity index (χ2v) is 5.63. The van der Waals surface area contributed by atoms with Gasteiger partial charge in [0.1, 0.15) is 0 Å². The number of thioether (sulfide) groups is 1. The van der Waals surface area contributed by atoms with Gasteiger partial charge in [-0.2, -0.15) is 0 Å². The maximum atomic E-state index is 11.4. The Morgan fingerprint density at radius 1 is 1.47 bits per heavy atom. The van der Waals surface area contributed by atoms with Gasteiger partial charge in [0.05, 0.1) is 11.3 Å². The first-order valence-corrected chi connectivity index (χ1v) is 6.62. The quantitative estimate of drug-likeness (QED) is 0.798. The van der Waals surface area contributed by atoms with Crippen LogP contribution in [0.25, 0.3) is 0 Å². The van der Waals surface area contributed by atoms with Crippen LogP contribution in [0.2, 0.25) is 0 Å². The summed E-state index contributed by atoms with van der Waals surface area (Å²) in [7, 11) is 0. The number of tetrazole rings is 1. The Morgan fingerprint density at radius 3 is 2.76 bits per heavy atom. The fourth-order valence-corrected chi connectivity index (χ4v) is 2.02. The van der Waals surface area contributed by atoms with Crippen molar-refractivity contribution in [3.63, 3.8) is 0 Å². The summed E-state index contributed by atoms with van der Waals surface area (Å²) in [5, 5.41) is 15.0. The second kappa shape index (κ2) is 6.00. The van der Waals surface area contributed by atoms with Gasteiger partial charge in [-0.25, -0.2) is 4.68 Å². The molecule has 1 N–H and O–H groups in total. The van der Waals surface area contributed by atoms with Gasteiger partial charge in [-0.15, -0.1) is 5.10 Å². The van der Waals surface area contributed by atoms with Crippen LogP contribution in [0.15, 0.2) is 5.16 Å². The summed E-state index contributed by atoms with van der Waals surface area (Å²) in [4.78, 5) is 11.4. The summed E-state index contributed by atoms with van der Waals surface area (Å²) in [6.07, 6.45) is 0.941. The zero-order chi connectivity index (χ0) is 12.9. The topological polar surface area (TPSA) is 72.7 Å². The highest BCUT2D eigenvalue weighted by Crippen LogP contribution is 2.20. The molecule has 1 heterocycles. The number of amides is 1. The lowest BCUT2D eigenvalue weighted by Crippen LogP contribution is -2.27. The highest BCUT2D eigenvalue weighted by Gasteiger charge is 2.20. The normalized spacial score (nSPS) is 11.5. The Morgan fingerprint density at radius 2 is 2.18 bits per heavy atom. The van der Waals surface area contributed by atoms with Gasteiger partial charge >= 0.3 is 0 Å². The van der Waals surface area contributed by atoms with Gasteiger partial charge in [0, 0.05) is 6.54 Å². The maximum Gasteiger partial charge on any atom is 0.230 e. The van der Waals surface area contributed by atoms with E-state index in [0.29, 0.717) is 17.5 Å². The van der Waals surface area contributed by atoms with Gasteiger partial charge in [-0.1, -0.05) is 18.7 Å². The summed E-state index contributed by atoms with van der Waals surface area (Å²) in [5.74, 6) is 0.358. The van der Waals surface area contributed by atoms with E-state index in [1.54, 1.807) is 4.68 Å². The average Bonchev–Trinajstić information content (AvgIpc) is 2.71. The predicted molar refractivity (Wildman–Crippen MR) is 66.8 cm³/mol. The molecule has 0 unspecified atom stereocenters. The summed E-state index contributed by atoms with van der Waals surface area (Å²) in [6, 6.07) is 0. The van der Waals surface area contributed by atoms with Gasteiger partial charge in [0.25, 0.3) is 0 Å². The summed E-state index contributed by atoms with van der Waals surface area (Å²) in [5.41, 5.74) is -0.175. The highest BCUT2D eigenvalue weighted by molar-refractivity contribution is 7.99. The highest BCUT2D eigenvalue weighted by atomic mass is 32.2. The molecule has 1 aromatic rings.